The molecular formula is C17H31NS. The first kappa shape index (κ1) is 16.7. The van der Waals surface area contributed by atoms with E-state index in [0.717, 1.165) is 5.92 Å². The average molecular weight is 282 g/mol. The van der Waals surface area contributed by atoms with Crippen molar-refractivity contribution in [3.63, 3.8) is 0 Å². The first-order valence-electron chi connectivity index (χ1n) is 8.23. The Morgan fingerprint density at radius 1 is 0.947 bits per heavy atom. The van der Waals surface area contributed by atoms with Crippen molar-refractivity contribution in [2.45, 2.75) is 84.5 Å². The molecule has 0 bridgehead atoms. The van der Waals surface area contributed by atoms with Gasteiger partial charge in [-0.2, -0.15) is 0 Å². The van der Waals surface area contributed by atoms with Gasteiger partial charge in [-0.1, -0.05) is 78.1 Å². The lowest BCUT2D eigenvalue weighted by molar-refractivity contribution is 0.402. The molecule has 110 valence electrons. The molecule has 0 saturated heterocycles. The third-order valence-corrected chi connectivity index (χ3v) is 4.55. The van der Waals surface area contributed by atoms with Crippen LogP contribution in [0.15, 0.2) is 10.9 Å². The van der Waals surface area contributed by atoms with E-state index in [1.807, 2.05) is 5.51 Å². The minimum Gasteiger partial charge on any atom is -0.250 e. The van der Waals surface area contributed by atoms with Gasteiger partial charge in [0.15, 0.2) is 0 Å². The second-order valence-electron chi connectivity index (χ2n) is 5.75. The number of hydrogen-bond acceptors (Lipinski definition) is 2. The number of rotatable bonds is 12. The van der Waals surface area contributed by atoms with Crippen molar-refractivity contribution >= 4 is 11.3 Å². The van der Waals surface area contributed by atoms with Crippen molar-refractivity contribution in [2.75, 3.05) is 0 Å². The van der Waals surface area contributed by atoms with Gasteiger partial charge in [0.05, 0.1) is 11.2 Å². The summed E-state index contributed by atoms with van der Waals surface area (Å²) < 4.78 is 0. The molecule has 0 aromatic carbocycles. The third kappa shape index (κ3) is 8.41. The second kappa shape index (κ2) is 11.5. The quantitative estimate of drug-likeness (QED) is 0.413. The van der Waals surface area contributed by atoms with Crippen molar-refractivity contribution in [3.05, 3.63) is 16.6 Å². The van der Waals surface area contributed by atoms with E-state index in [1.54, 1.807) is 11.3 Å². The number of thiazole rings is 1. The van der Waals surface area contributed by atoms with Crippen LogP contribution in [0.3, 0.4) is 0 Å². The average Bonchev–Trinajstić information content (AvgIpc) is 2.91. The molecule has 0 radical (unpaired) electrons. The molecular weight excluding hydrogens is 250 g/mol. The van der Waals surface area contributed by atoms with Gasteiger partial charge in [-0.05, 0) is 12.3 Å². The fourth-order valence-electron chi connectivity index (χ4n) is 2.70. The summed E-state index contributed by atoms with van der Waals surface area (Å²) in [4.78, 5) is 4.46. The molecule has 0 fully saturated rings. The number of unbranched alkanes of at least 4 members (excludes halogenated alkanes) is 6. The van der Waals surface area contributed by atoms with Crippen LogP contribution in [-0.4, -0.2) is 4.98 Å². The zero-order chi connectivity index (χ0) is 13.8. The predicted octanol–water partition coefficient (Wildman–Crippen LogP) is 6.24. The van der Waals surface area contributed by atoms with E-state index in [9.17, 15) is 0 Å². The molecule has 0 N–H and O–H groups in total. The first-order valence-corrected chi connectivity index (χ1v) is 9.18. The molecule has 1 rings (SSSR count). The summed E-state index contributed by atoms with van der Waals surface area (Å²) in [5.74, 6) is 0.871. The van der Waals surface area contributed by atoms with Crippen LogP contribution in [-0.2, 0) is 6.42 Å². The van der Waals surface area contributed by atoms with Crippen LogP contribution in [0, 0.1) is 5.92 Å². The van der Waals surface area contributed by atoms with Crippen molar-refractivity contribution in [1.82, 2.24) is 4.98 Å². The molecule has 0 aliphatic rings. The molecule has 1 nitrogen and oxygen atoms in total. The molecule has 2 heteroatoms. The summed E-state index contributed by atoms with van der Waals surface area (Å²) in [5.41, 5.74) is 3.29. The Morgan fingerprint density at radius 3 is 2.21 bits per heavy atom. The van der Waals surface area contributed by atoms with E-state index in [4.69, 9.17) is 0 Å². The highest BCUT2D eigenvalue weighted by Crippen LogP contribution is 2.22. The molecule has 0 saturated carbocycles. The Labute approximate surface area is 123 Å². The standard InChI is InChI=1S/C17H31NS/c1-3-5-7-8-10-12-16(11-9-6-4-2)13-17-14-19-15-18-17/h14-16H,3-13H2,1-2H3/t16-/m0/s1. The third-order valence-electron chi connectivity index (χ3n) is 3.91. The van der Waals surface area contributed by atoms with E-state index in [2.05, 4.69) is 24.2 Å². The van der Waals surface area contributed by atoms with Crippen molar-refractivity contribution in [3.8, 4) is 0 Å². The van der Waals surface area contributed by atoms with Gasteiger partial charge >= 0.3 is 0 Å². The molecule has 0 spiro atoms. The molecule has 19 heavy (non-hydrogen) atoms. The van der Waals surface area contributed by atoms with Crippen LogP contribution < -0.4 is 0 Å². The summed E-state index contributed by atoms with van der Waals surface area (Å²) in [6.45, 7) is 4.58. The van der Waals surface area contributed by atoms with E-state index in [0.29, 0.717) is 0 Å². The van der Waals surface area contributed by atoms with Gasteiger partial charge in [0, 0.05) is 5.38 Å². The summed E-state index contributed by atoms with van der Waals surface area (Å²) in [5, 5.41) is 2.23. The molecule has 0 unspecified atom stereocenters. The SMILES string of the molecule is CCCCCCC[C@H](CCCCC)Cc1cscn1. The molecule has 1 aromatic rings. The first-order chi connectivity index (χ1) is 9.36. The lowest BCUT2D eigenvalue weighted by Crippen LogP contribution is -2.05. The van der Waals surface area contributed by atoms with Crippen LogP contribution in [0.2, 0.25) is 0 Å². The Hall–Kier alpha value is -0.370. The molecule has 0 amide bonds. The Bertz CT molecular complexity index is 281. The zero-order valence-electron chi connectivity index (χ0n) is 12.9. The monoisotopic (exact) mass is 281 g/mol. The zero-order valence-corrected chi connectivity index (χ0v) is 13.7. The number of aromatic nitrogens is 1. The second-order valence-corrected chi connectivity index (χ2v) is 6.47. The molecule has 1 atom stereocenters. The van der Waals surface area contributed by atoms with E-state index >= 15 is 0 Å². The van der Waals surface area contributed by atoms with Gasteiger partial charge in [0.2, 0.25) is 0 Å². The van der Waals surface area contributed by atoms with Crippen molar-refractivity contribution in [1.29, 1.82) is 0 Å². The van der Waals surface area contributed by atoms with Crippen LogP contribution in [0.1, 0.15) is 83.7 Å². The van der Waals surface area contributed by atoms with E-state index in [1.165, 1.54) is 76.3 Å². The van der Waals surface area contributed by atoms with E-state index in [-0.39, 0.29) is 0 Å². The Balaban J connectivity index is 2.23. The van der Waals surface area contributed by atoms with Gasteiger partial charge in [0.25, 0.3) is 0 Å². The largest absolute Gasteiger partial charge is 0.250 e. The maximum absolute atomic E-state index is 4.46. The molecule has 0 aliphatic carbocycles. The van der Waals surface area contributed by atoms with Gasteiger partial charge in [-0.15, -0.1) is 11.3 Å². The maximum Gasteiger partial charge on any atom is 0.0794 e. The van der Waals surface area contributed by atoms with Gasteiger partial charge in [-0.25, -0.2) is 4.98 Å². The molecule has 0 aliphatic heterocycles. The van der Waals surface area contributed by atoms with Crippen LogP contribution >= 0.6 is 11.3 Å². The molecule has 1 aromatic heterocycles. The minimum absolute atomic E-state index is 0.871. The summed E-state index contributed by atoms with van der Waals surface area (Å²) in [7, 11) is 0. The maximum atomic E-state index is 4.46. The topological polar surface area (TPSA) is 12.9 Å². The van der Waals surface area contributed by atoms with Gasteiger partial charge in [-0.3, -0.25) is 0 Å². The highest BCUT2D eigenvalue weighted by atomic mass is 32.1. The fourth-order valence-corrected chi connectivity index (χ4v) is 3.27. The number of nitrogens with zero attached hydrogens (tertiary/aromatic N) is 1. The van der Waals surface area contributed by atoms with Crippen LogP contribution in [0.5, 0.6) is 0 Å². The predicted molar refractivity (Wildman–Crippen MR) is 86.8 cm³/mol. The van der Waals surface area contributed by atoms with Crippen LogP contribution in [0.4, 0.5) is 0 Å². The lowest BCUT2D eigenvalue weighted by atomic mass is 9.91. The number of hydrogen-bond donors (Lipinski definition) is 0. The van der Waals surface area contributed by atoms with Gasteiger partial charge in [0.1, 0.15) is 0 Å². The lowest BCUT2D eigenvalue weighted by Gasteiger charge is -2.15. The molecule has 1 heterocycles. The summed E-state index contributed by atoms with van der Waals surface area (Å²) >= 11 is 1.73. The smallest absolute Gasteiger partial charge is 0.0794 e. The van der Waals surface area contributed by atoms with Crippen molar-refractivity contribution in [2.24, 2.45) is 5.92 Å². The van der Waals surface area contributed by atoms with Crippen molar-refractivity contribution < 1.29 is 0 Å². The summed E-state index contributed by atoms with van der Waals surface area (Å²) in [6.07, 6.45) is 15.2. The van der Waals surface area contributed by atoms with Gasteiger partial charge < -0.3 is 0 Å². The Morgan fingerprint density at radius 2 is 1.58 bits per heavy atom. The highest BCUT2D eigenvalue weighted by Gasteiger charge is 2.10. The highest BCUT2D eigenvalue weighted by molar-refractivity contribution is 7.07. The summed E-state index contributed by atoms with van der Waals surface area (Å²) in [6, 6.07) is 0. The fraction of sp³-hybridized carbons (Fsp3) is 0.824. The minimum atomic E-state index is 0.871. The Kier molecular flexibility index (Phi) is 10.1. The normalized spacial score (nSPS) is 12.7. The van der Waals surface area contributed by atoms with E-state index < -0.39 is 0 Å². The van der Waals surface area contributed by atoms with Crippen LogP contribution in [0.25, 0.3) is 0 Å².